The van der Waals surface area contributed by atoms with Gasteiger partial charge in [-0.15, -0.1) is 13.2 Å². The molecule has 136 valence electrons. The molecule has 3 rings (SSSR count). The molecule has 27 heavy (non-hydrogen) atoms. The molecule has 1 N–H and O–H groups in total. The highest BCUT2D eigenvalue weighted by Gasteiger charge is 2.11. The standard InChI is InChI=1S/C25H24O2/c1-3-8-19-12-15-25(27-18-20-10-6-5-7-11-20)23(16-19)21-13-14-24(26)22(17-21)9-4-2/h3-7,10-17,26H,1-2,8-9,18H2. The van der Waals surface area contributed by atoms with E-state index in [0.717, 1.165) is 34.4 Å². The van der Waals surface area contributed by atoms with Gasteiger partial charge < -0.3 is 9.84 Å². The summed E-state index contributed by atoms with van der Waals surface area (Å²) in [7, 11) is 0. The summed E-state index contributed by atoms with van der Waals surface area (Å²) in [6.07, 6.45) is 5.10. The molecule has 0 radical (unpaired) electrons. The summed E-state index contributed by atoms with van der Waals surface area (Å²) in [5, 5.41) is 10.1. The Morgan fingerprint density at radius 2 is 1.59 bits per heavy atom. The van der Waals surface area contributed by atoms with Crippen LogP contribution in [-0.4, -0.2) is 5.11 Å². The van der Waals surface area contributed by atoms with Crippen LogP contribution in [0.4, 0.5) is 0 Å². The van der Waals surface area contributed by atoms with Crippen molar-refractivity contribution >= 4 is 0 Å². The van der Waals surface area contributed by atoms with Crippen LogP contribution in [0.15, 0.2) is 92.0 Å². The Balaban J connectivity index is 1.97. The zero-order valence-electron chi connectivity index (χ0n) is 15.4. The predicted molar refractivity (Wildman–Crippen MR) is 112 cm³/mol. The minimum Gasteiger partial charge on any atom is -0.508 e. The van der Waals surface area contributed by atoms with E-state index >= 15 is 0 Å². The molecule has 0 aliphatic rings. The van der Waals surface area contributed by atoms with Gasteiger partial charge in [0.1, 0.15) is 18.1 Å². The van der Waals surface area contributed by atoms with Gasteiger partial charge in [-0.3, -0.25) is 0 Å². The predicted octanol–water partition coefficient (Wildman–Crippen LogP) is 6.10. The monoisotopic (exact) mass is 356 g/mol. The second-order valence-corrected chi connectivity index (χ2v) is 6.43. The van der Waals surface area contributed by atoms with Gasteiger partial charge in [0.05, 0.1) is 0 Å². The summed E-state index contributed by atoms with van der Waals surface area (Å²) in [6, 6.07) is 22.0. The van der Waals surface area contributed by atoms with Crippen LogP contribution in [0.2, 0.25) is 0 Å². The van der Waals surface area contributed by atoms with Gasteiger partial charge in [0.2, 0.25) is 0 Å². The summed E-state index contributed by atoms with van der Waals surface area (Å²) >= 11 is 0. The molecule has 0 amide bonds. The molecule has 0 heterocycles. The fourth-order valence-electron chi connectivity index (χ4n) is 3.03. The van der Waals surface area contributed by atoms with E-state index < -0.39 is 0 Å². The van der Waals surface area contributed by atoms with Crippen LogP contribution in [0.25, 0.3) is 11.1 Å². The highest BCUT2D eigenvalue weighted by atomic mass is 16.5. The molecule has 0 fully saturated rings. The van der Waals surface area contributed by atoms with Gasteiger partial charge in [-0.1, -0.05) is 54.6 Å². The lowest BCUT2D eigenvalue weighted by Gasteiger charge is -2.15. The summed E-state index contributed by atoms with van der Waals surface area (Å²) in [5.41, 5.74) is 5.17. The lowest BCUT2D eigenvalue weighted by molar-refractivity contribution is 0.307. The van der Waals surface area contributed by atoms with Crippen LogP contribution in [0.1, 0.15) is 16.7 Å². The molecule has 2 heteroatoms. The van der Waals surface area contributed by atoms with E-state index in [9.17, 15) is 5.11 Å². The van der Waals surface area contributed by atoms with Crippen molar-refractivity contribution in [3.05, 3.63) is 109 Å². The summed E-state index contributed by atoms with van der Waals surface area (Å²) in [6.45, 7) is 8.11. The molecule has 0 unspecified atom stereocenters. The van der Waals surface area contributed by atoms with Crippen molar-refractivity contribution in [2.45, 2.75) is 19.4 Å². The Morgan fingerprint density at radius 3 is 2.33 bits per heavy atom. The Kier molecular flexibility index (Phi) is 6.11. The molecule has 0 spiro atoms. The number of phenols is 1. The Hall–Kier alpha value is -3.26. The smallest absolute Gasteiger partial charge is 0.127 e. The van der Waals surface area contributed by atoms with E-state index in [-0.39, 0.29) is 5.75 Å². The van der Waals surface area contributed by atoms with Crippen molar-refractivity contribution in [3.63, 3.8) is 0 Å². The maximum atomic E-state index is 10.1. The SMILES string of the molecule is C=CCc1ccc(OCc2ccccc2)c(-c2ccc(O)c(CC=C)c2)c1. The van der Waals surface area contributed by atoms with Gasteiger partial charge in [0.25, 0.3) is 0 Å². The molecule has 0 aliphatic heterocycles. The number of allylic oxidation sites excluding steroid dienone is 2. The van der Waals surface area contributed by atoms with Crippen molar-refractivity contribution in [1.82, 2.24) is 0 Å². The maximum absolute atomic E-state index is 10.1. The fraction of sp³-hybridized carbons (Fsp3) is 0.120. The van der Waals surface area contributed by atoms with Crippen LogP contribution in [0, 0.1) is 0 Å². The minimum atomic E-state index is 0.285. The van der Waals surface area contributed by atoms with Gasteiger partial charge in [0.15, 0.2) is 0 Å². The number of ether oxygens (including phenoxy) is 1. The van der Waals surface area contributed by atoms with Gasteiger partial charge in [-0.25, -0.2) is 0 Å². The van der Waals surface area contributed by atoms with E-state index in [1.165, 1.54) is 5.56 Å². The van der Waals surface area contributed by atoms with Crippen LogP contribution >= 0.6 is 0 Å². The maximum Gasteiger partial charge on any atom is 0.127 e. The number of hydrogen-bond donors (Lipinski definition) is 1. The van der Waals surface area contributed by atoms with Crippen molar-refractivity contribution in [2.75, 3.05) is 0 Å². The normalized spacial score (nSPS) is 10.4. The average Bonchev–Trinajstić information content (AvgIpc) is 2.70. The first-order chi connectivity index (χ1) is 13.2. The van der Waals surface area contributed by atoms with Crippen LogP contribution in [0.5, 0.6) is 11.5 Å². The topological polar surface area (TPSA) is 29.5 Å². The summed E-state index contributed by atoms with van der Waals surface area (Å²) < 4.78 is 6.13. The van der Waals surface area contributed by atoms with Crippen LogP contribution < -0.4 is 4.74 Å². The summed E-state index contributed by atoms with van der Waals surface area (Å²) in [4.78, 5) is 0. The van der Waals surface area contributed by atoms with Gasteiger partial charge in [-0.2, -0.15) is 0 Å². The van der Waals surface area contributed by atoms with Gasteiger partial charge in [0, 0.05) is 5.56 Å². The highest BCUT2D eigenvalue weighted by Crippen LogP contribution is 2.34. The molecular formula is C25H24O2. The minimum absolute atomic E-state index is 0.285. The molecule has 0 saturated heterocycles. The third-order valence-electron chi connectivity index (χ3n) is 4.42. The number of phenolic OH excluding ortho intramolecular Hbond substituents is 1. The first kappa shape index (κ1) is 18.5. The molecule has 2 nitrogen and oxygen atoms in total. The number of rotatable bonds is 8. The zero-order chi connectivity index (χ0) is 19.1. The molecule has 0 saturated carbocycles. The fourth-order valence-corrected chi connectivity index (χ4v) is 3.03. The van der Waals surface area contributed by atoms with Gasteiger partial charge in [-0.05, 0) is 59.4 Å². The molecule has 3 aromatic rings. The van der Waals surface area contributed by atoms with Crippen LogP contribution in [0.3, 0.4) is 0 Å². The quantitative estimate of drug-likeness (QED) is 0.495. The summed E-state index contributed by atoms with van der Waals surface area (Å²) in [5.74, 6) is 1.11. The molecule has 0 aromatic heterocycles. The van der Waals surface area contributed by atoms with E-state index in [1.54, 1.807) is 12.1 Å². The average molecular weight is 356 g/mol. The third kappa shape index (κ3) is 4.68. The second kappa shape index (κ2) is 8.91. The van der Waals surface area contributed by atoms with E-state index in [0.29, 0.717) is 13.0 Å². The number of benzene rings is 3. The second-order valence-electron chi connectivity index (χ2n) is 6.43. The molecule has 0 aliphatic carbocycles. The number of aromatic hydroxyl groups is 1. The molecule has 0 atom stereocenters. The molecular weight excluding hydrogens is 332 g/mol. The van der Waals surface area contributed by atoms with E-state index in [4.69, 9.17) is 4.74 Å². The van der Waals surface area contributed by atoms with Crippen molar-refractivity contribution in [3.8, 4) is 22.6 Å². The Labute approximate surface area is 161 Å². The first-order valence-corrected chi connectivity index (χ1v) is 9.05. The Bertz CT molecular complexity index is 926. The van der Waals surface area contributed by atoms with Gasteiger partial charge >= 0.3 is 0 Å². The highest BCUT2D eigenvalue weighted by molar-refractivity contribution is 5.73. The Morgan fingerprint density at radius 1 is 0.815 bits per heavy atom. The largest absolute Gasteiger partial charge is 0.508 e. The third-order valence-corrected chi connectivity index (χ3v) is 4.42. The molecule has 3 aromatic carbocycles. The van der Waals surface area contributed by atoms with Crippen molar-refractivity contribution in [1.29, 1.82) is 0 Å². The zero-order valence-corrected chi connectivity index (χ0v) is 15.4. The van der Waals surface area contributed by atoms with E-state index in [1.807, 2.05) is 42.5 Å². The van der Waals surface area contributed by atoms with E-state index in [2.05, 4.69) is 37.4 Å². The lowest BCUT2D eigenvalue weighted by Crippen LogP contribution is -1.98. The lowest BCUT2D eigenvalue weighted by atomic mass is 9.97. The van der Waals surface area contributed by atoms with Crippen molar-refractivity contribution < 1.29 is 9.84 Å². The molecule has 0 bridgehead atoms. The number of hydrogen-bond acceptors (Lipinski definition) is 2. The first-order valence-electron chi connectivity index (χ1n) is 9.05. The van der Waals surface area contributed by atoms with Crippen molar-refractivity contribution in [2.24, 2.45) is 0 Å². The van der Waals surface area contributed by atoms with Crippen LogP contribution in [-0.2, 0) is 19.4 Å².